The summed E-state index contributed by atoms with van der Waals surface area (Å²) < 4.78 is 1.71. The predicted octanol–water partition coefficient (Wildman–Crippen LogP) is 0.348. The second-order valence-electron chi connectivity index (χ2n) is 5.08. The van der Waals surface area contributed by atoms with Crippen molar-refractivity contribution in [1.82, 2.24) is 14.2 Å². The molecule has 21 heavy (non-hydrogen) atoms. The Kier molecular flexibility index (Phi) is 3.64. The van der Waals surface area contributed by atoms with Gasteiger partial charge in [-0.3, -0.25) is 4.79 Å². The van der Waals surface area contributed by atoms with Gasteiger partial charge in [0, 0.05) is 36.7 Å². The van der Waals surface area contributed by atoms with Crippen LogP contribution in [0.5, 0.6) is 0 Å². The average molecular weight is 308 g/mol. The van der Waals surface area contributed by atoms with E-state index in [0.717, 1.165) is 28.3 Å². The summed E-state index contributed by atoms with van der Waals surface area (Å²) in [6, 6.07) is 3.16. The number of pyridine rings is 1. The van der Waals surface area contributed by atoms with Crippen LogP contribution in [0.15, 0.2) is 23.1 Å². The highest BCUT2D eigenvalue weighted by Gasteiger charge is 2.26. The maximum absolute atomic E-state index is 12.5. The number of rotatable bonds is 1. The van der Waals surface area contributed by atoms with Crippen molar-refractivity contribution < 1.29 is 9.52 Å². The molecule has 1 aliphatic heterocycles. The van der Waals surface area contributed by atoms with Gasteiger partial charge in [0.1, 0.15) is 5.39 Å². The normalized spacial score (nSPS) is 16.5. The standard InChI is InChI=1S/C13H16N4O3S/c1-14-9-4-7-15(8-5-9)13(19)17-11(18)10-3-2-6-16(20)12(10)21-17/h2-3,6,9,14H,4-5,7-8H2,1H3. The first kappa shape index (κ1) is 14.0. The van der Waals surface area contributed by atoms with Crippen LogP contribution in [0, 0.1) is 5.21 Å². The Morgan fingerprint density at radius 1 is 1.48 bits per heavy atom. The first-order valence-corrected chi connectivity index (χ1v) is 7.60. The van der Waals surface area contributed by atoms with Gasteiger partial charge in [-0.05, 0) is 26.0 Å². The van der Waals surface area contributed by atoms with Crippen LogP contribution in [-0.4, -0.2) is 41.1 Å². The highest BCUT2D eigenvalue weighted by molar-refractivity contribution is 7.13. The molecule has 3 rings (SSSR count). The molecule has 112 valence electrons. The minimum Gasteiger partial charge on any atom is -0.618 e. The van der Waals surface area contributed by atoms with Crippen molar-refractivity contribution in [3.63, 3.8) is 0 Å². The maximum Gasteiger partial charge on any atom is 0.340 e. The van der Waals surface area contributed by atoms with Gasteiger partial charge in [0.15, 0.2) is 6.20 Å². The fraction of sp³-hybridized carbons (Fsp3) is 0.462. The number of nitrogens with zero attached hydrogens (tertiary/aromatic N) is 3. The molecule has 1 N–H and O–H groups in total. The molecule has 2 aromatic rings. The van der Waals surface area contributed by atoms with Gasteiger partial charge in [-0.25, -0.2) is 4.79 Å². The zero-order valence-corrected chi connectivity index (χ0v) is 12.4. The lowest BCUT2D eigenvalue weighted by Gasteiger charge is -2.31. The molecule has 0 radical (unpaired) electrons. The monoisotopic (exact) mass is 308 g/mol. The highest BCUT2D eigenvalue weighted by Crippen LogP contribution is 2.15. The summed E-state index contributed by atoms with van der Waals surface area (Å²) in [6.45, 7) is 1.23. The number of hydrogen-bond acceptors (Lipinski definition) is 5. The van der Waals surface area contributed by atoms with Crippen molar-refractivity contribution in [2.24, 2.45) is 0 Å². The third-order valence-electron chi connectivity index (χ3n) is 3.86. The van der Waals surface area contributed by atoms with Crippen LogP contribution in [0.4, 0.5) is 4.79 Å². The summed E-state index contributed by atoms with van der Waals surface area (Å²) in [5.41, 5.74) is -0.416. The van der Waals surface area contributed by atoms with E-state index in [1.165, 1.54) is 12.3 Å². The van der Waals surface area contributed by atoms with Crippen molar-refractivity contribution >= 4 is 27.8 Å². The second-order valence-corrected chi connectivity index (χ2v) is 6.01. The van der Waals surface area contributed by atoms with E-state index in [0.29, 0.717) is 23.9 Å². The summed E-state index contributed by atoms with van der Waals surface area (Å²) >= 11 is 0.907. The summed E-state index contributed by atoms with van der Waals surface area (Å²) in [5.74, 6) is 0. The second kappa shape index (κ2) is 5.45. The molecule has 0 unspecified atom stereocenters. The number of hydrogen-bond donors (Lipinski definition) is 1. The molecule has 0 bridgehead atoms. The summed E-state index contributed by atoms with van der Waals surface area (Å²) in [5, 5.41) is 15.1. The largest absolute Gasteiger partial charge is 0.618 e. The van der Waals surface area contributed by atoms with Crippen molar-refractivity contribution in [2.45, 2.75) is 18.9 Å². The van der Waals surface area contributed by atoms with Crippen LogP contribution in [0.25, 0.3) is 10.2 Å². The molecule has 8 heteroatoms. The zero-order chi connectivity index (χ0) is 15.0. The van der Waals surface area contributed by atoms with E-state index in [1.54, 1.807) is 11.0 Å². The quantitative estimate of drug-likeness (QED) is 0.609. The SMILES string of the molecule is CNC1CCN(C(=O)n2sc3c(ccc[n+]3[O-])c2=O)CC1. The van der Waals surface area contributed by atoms with Crippen molar-refractivity contribution in [1.29, 1.82) is 0 Å². The number of amides is 1. The fourth-order valence-corrected chi connectivity index (χ4v) is 3.52. The molecule has 0 spiro atoms. The molecule has 2 aromatic heterocycles. The number of aromatic nitrogens is 2. The lowest BCUT2D eigenvalue weighted by molar-refractivity contribution is -0.574. The Morgan fingerprint density at radius 3 is 2.81 bits per heavy atom. The van der Waals surface area contributed by atoms with E-state index >= 15 is 0 Å². The number of carbonyl (C=O) groups is 1. The third kappa shape index (κ3) is 2.40. The van der Waals surface area contributed by atoms with E-state index in [-0.39, 0.29) is 16.2 Å². The van der Waals surface area contributed by atoms with Crippen molar-refractivity contribution in [2.75, 3.05) is 20.1 Å². The topological polar surface area (TPSA) is 81.3 Å². The Morgan fingerprint density at radius 2 is 2.19 bits per heavy atom. The number of fused-ring (bicyclic) bond motifs is 1. The number of piperidine rings is 1. The minimum absolute atomic E-state index is 0.265. The molecule has 0 atom stereocenters. The van der Waals surface area contributed by atoms with Gasteiger partial charge in [0.2, 0.25) is 0 Å². The zero-order valence-electron chi connectivity index (χ0n) is 11.6. The number of nitrogens with one attached hydrogen (secondary N) is 1. The highest BCUT2D eigenvalue weighted by atomic mass is 32.1. The summed E-state index contributed by atoms with van der Waals surface area (Å²) in [4.78, 5) is 26.6. The molecule has 1 amide bonds. The van der Waals surface area contributed by atoms with Gasteiger partial charge in [0.25, 0.3) is 5.56 Å². The lowest BCUT2D eigenvalue weighted by atomic mass is 10.1. The maximum atomic E-state index is 12.5. The molecule has 1 aliphatic rings. The Bertz CT molecular complexity index is 731. The molecule has 0 aromatic carbocycles. The molecule has 7 nitrogen and oxygen atoms in total. The lowest BCUT2D eigenvalue weighted by Crippen LogP contribution is -2.46. The molecule has 1 saturated heterocycles. The van der Waals surface area contributed by atoms with Gasteiger partial charge in [-0.2, -0.15) is 8.69 Å². The molecule has 0 saturated carbocycles. The van der Waals surface area contributed by atoms with Gasteiger partial charge < -0.3 is 15.4 Å². The van der Waals surface area contributed by atoms with Crippen LogP contribution < -0.4 is 15.6 Å². The van der Waals surface area contributed by atoms with Crippen molar-refractivity contribution in [3.05, 3.63) is 33.9 Å². The van der Waals surface area contributed by atoms with Crippen LogP contribution in [0.1, 0.15) is 12.8 Å². The van der Waals surface area contributed by atoms with Gasteiger partial charge in [0.05, 0.1) is 0 Å². The smallest absolute Gasteiger partial charge is 0.340 e. The Hall–Kier alpha value is -1.93. The number of carbonyl (C=O) groups excluding carboxylic acids is 1. The summed E-state index contributed by atoms with van der Waals surface area (Å²) in [7, 11) is 1.91. The minimum atomic E-state index is -0.416. The molecular weight excluding hydrogens is 292 g/mol. The van der Waals surface area contributed by atoms with Gasteiger partial charge in [-0.15, -0.1) is 0 Å². The van der Waals surface area contributed by atoms with Crippen LogP contribution in [0.3, 0.4) is 0 Å². The summed E-state index contributed by atoms with van der Waals surface area (Å²) in [6.07, 6.45) is 3.05. The van der Waals surface area contributed by atoms with Crippen LogP contribution >= 0.6 is 11.5 Å². The van der Waals surface area contributed by atoms with E-state index in [4.69, 9.17) is 0 Å². The third-order valence-corrected chi connectivity index (χ3v) is 4.93. The van der Waals surface area contributed by atoms with E-state index in [2.05, 4.69) is 5.32 Å². The van der Waals surface area contributed by atoms with Crippen LogP contribution in [0.2, 0.25) is 0 Å². The molecule has 1 fully saturated rings. The van der Waals surface area contributed by atoms with E-state index < -0.39 is 5.56 Å². The van der Waals surface area contributed by atoms with Gasteiger partial charge >= 0.3 is 10.9 Å². The molecule has 3 heterocycles. The van der Waals surface area contributed by atoms with E-state index in [1.807, 2.05) is 7.05 Å². The van der Waals surface area contributed by atoms with E-state index in [9.17, 15) is 14.8 Å². The first-order chi connectivity index (χ1) is 10.1. The fourth-order valence-electron chi connectivity index (χ4n) is 2.58. The Balaban J connectivity index is 1.91. The van der Waals surface area contributed by atoms with Gasteiger partial charge in [-0.1, -0.05) is 0 Å². The average Bonchev–Trinajstić information content (AvgIpc) is 2.85. The van der Waals surface area contributed by atoms with Crippen LogP contribution in [-0.2, 0) is 0 Å². The molecular formula is C13H16N4O3S. The number of likely N-dealkylation sites (tertiary alicyclic amines) is 1. The first-order valence-electron chi connectivity index (χ1n) is 6.82. The molecule has 0 aliphatic carbocycles. The Labute approximate surface area is 125 Å². The van der Waals surface area contributed by atoms with Crippen molar-refractivity contribution in [3.8, 4) is 0 Å². The predicted molar refractivity (Wildman–Crippen MR) is 79.5 cm³/mol.